The Kier molecular flexibility index (Phi) is 6.03. The highest BCUT2D eigenvalue weighted by Crippen LogP contribution is 2.29. The smallest absolute Gasteiger partial charge is 0.225 e. The summed E-state index contributed by atoms with van der Waals surface area (Å²) in [6, 6.07) is 27.8. The zero-order chi connectivity index (χ0) is 20.9. The third-order valence-electron chi connectivity index (χ3n) is 5.63. The number of benzene rings is 3. The zero-order valence-corrected chi connectivity index (χ0v) is 18.2. The van der Waals surface area contributed by atoms with Gasteiger partial charge in [-0.2, -0.15) is 4.98 Å². The number of anilines is 2. The number of hydrogen-bond acceptors (Lipinski definition) is 5. The molecule has 5 rings (SSSR count). The predicted molar refractivity (Wildman–Crippen MR) is 130 cm³/mol. The first-order chi connectivity index (χ1) is 15.3. The van der Waals surface area contributed by atoms with E-state index in [2.05, 4.69) is 77.4 Å². The van der Waals surface area contributed by atoms with Gasteiger partial charge in [0.15, 0.2) is 0 Å². The van der Waals surface area contributed by atoms with Gasteiger partial charge < -0.3 is 10.6 Å². The van der Waals surface area contributed by atoms with Crippen LogP contribution in [0, 0.1) is 0 Å². The van der Waals surface area contributed by atoms with Crippen LogP contribution in [0.25, 0.3) is 10.9 Å². The predicted octanol–water partition coefficient (Wildman–Crippen LogP) is 6.75. The number of nitrogens with one attached hydrogen (secondary N) is 2. The number of rotatable bonds is 7. The van der Waals surface area contributed by atoms with Gasteiger partial charge in [0.2, 0.25) is 5.95 Å². The van der Waals surface area contributed by atoms with Crippen molar-refractivity contribution in [2.24, 2.45) is 0 Å². The van der Waals surface area contributed by atoms with Gasteiger partial charge in [-0.3, -0.25) is 0 Å². The zero-order valence-electron chi connectivity index (χ0n) is 17.4. The van der Waals surface area contributed by atoms with E-state index in [4.69, 9.17) is 9.97 Å². The van der Waals surface area contributed by atoms with Gasteiger partial charge in [-0.25, -0.2) is 4.98 Å². The van der Waals surface area contributed by atoms with Crippen LogP contribution in [0.15, 0.2) is 88.7 Å². The summed E-state index contributed by atoms with van der Waals surface area (Å²) in [5.74, 6) is 1.61. The summed E-state index contributed by atoms with van der Waals surface area (Å²) >= 11 is 1.78. The molecule has 1 fully saturated rings. The summed E-state index contributed by atoms with van der Waals surface area (Å²) < 4.78 is 0. The molecule has 156 valence electrons. The first-order valence-electron chi connectivity index (χ1n) is 10.9. The van der Waals surface area contributed by atoms with E-state index >= 15 is 0 Å². The summed E-state index contributed by atoms with van der Waals surface area (Å²) in [7, 11) is 0. The SMILES string of the molecule is c1ccc(Sc2cccc(CNc3nc(NC4CCCC4)c4ccccc4n3)c2)cc1. The summed E-state index contributed by atoms with van der Waals surface area (Å²) in [4.78, 5) is 12.1. The van der Waals surface area contributed by atoms with Gasteiger partial charge in [-0.15, -0.1) is 0 Å². The van der Waals surface area contributed by atoms with Gasteiger partial charge in [-0.1, -0.05) is 67.1 Å². The highest BCUT2D eigenvalue weighted by molar-refractivity contribution is 7.99. The van der Waals surface area contributed by atoms with E-state index in [0.717, 1.165) is 16.7 Å². The highest BCUT2D eigenvalue weighted by atomic mass is 32.2. The average Bonchev–Trinajstić information content (AvgIpc) is 3.32. The number of nitrogens with zero attached hydrogens (tertiary/aromatic N) is 2. The van der Waals surface area contributed by atoms with E-state index in [9.17, 15) is 0 Å². The summed E-state index contributed by atoms with van der Waals surface area (Å²) in [6.45, 7) is 0.685. The van der Waals surface area contributed by atoms with Crippen LogP contribution in [0.5, 0.6) is 0 Å². The molecule has 4 nitrogen and oxygen atoms in total. The maximum Gasteiger partial charge on any atom is 0.225 e. The van der Waals surface area contributed by atoms with Crippen LogP contribution in [-0.2, 0) is 6.54 Å². The third kappa shape index (κ3) is 5.00. The van der Waals surface area contributed by atoms with Gasteiger partial charge in [0, 0.05) is 27.8 Å². The van der Waals surface area contributed by atoms with E-state index in [1.165, 1.54) is 41.0 Å². The van der Waals surface area contributed by atoms with Crippen LogP contribution in [0.4, 0.5) is 11.8 Å². The number of para-hydroxylation sites is 1. The summed E-state index contributed by atoms with van der Waals surface area (Å²) in [5, 5.41) is 8.19. The second-order valence-corrected chi connectivity index (χ2v) is 9.10. The molecule has 2 N–H and O–H groups in total. The molecule has 1 saturated carbocycles. The van der Waals surface area contributed by atoms with Crippen molar-refractivity contribution in [3.63, 3.8) is 0 Å². The van der Waals surface area contributed by atoms with Crippen molar-refractivity contribution in [3.05, 3.63) is 84.4 Å². The molecular weight excluding hydrogens is 400 g/mol. The Morgan fingerprint density at radius 3 is 2.45 bits per heavy atom. The van der Waals surface area contributed by atoms with E-state index in [1.807, 2.05) is 12.1 Å². The number of fused-ring (bicyclic) bond motifs is 1. The maximum atomic E-state index is 4.83. The molecule has 1 aliphatic carbocycles. The summed E-state index contributed by atoms with van der Waals surface area (Å²) in [5.41, 5.74) is 2.18. The monoisotopic (exact) mass is 426 g/mol. The standard InChI is InChI=1S/C26H26N4S/c1-2-12-21(13-3-1)31-22-14-8-9-19(17-22)18-27-26-29-24-16-7-6-15-23(24)25(30-26)28-20-10-4-5-11-20/h1-3,6-9,12-17,20H,4-5,10-11,18H2,(H2,27,28,29,30). The average molecular weight is 427 g/mol. The minimum Gasteiger partial charge on any atom is -0.367 e. The van der Waals surface area contributed by atoms with E-state index in [0.29, 0.717) is 18.5 Å². The number of hydrogen-bond donors (Lipinski definition) is 2. The lowest BCUT2D eigenvalue weighted by Crippen LogP contribution is -2.17. The van der Waals surface area contributed by atoms with Crippen LogP contribution in [0.1, 0.15) is 31.2 Å². The van der Waals surface area contributed by atoms with E-state index in [1.54, 1.807) is 11.8 Å². The third-order valence-corrected chi connectivity index (χ3v) is 6.62. The first kappa shape index (κ1) is 19.9. The fraction of sp³-hybridized carbons (Fsp3) is 0.231. The Morgan fingerprint density at radius 1 is 0.806 bits per heavy atom. The van der Waals surface area contributed by atoms with Crippen molar-refractivity contribution in [1.29, 1.82) is 0 Å². The lowest BCUT2D eigenvalue weighted by molar-refractivity contribution is 0.751. The topological polar surface area (TPSA) is 49.8 Å². The van der Waals surface area contributed by atoms with E-state index < -0.39 is 0 Å². The van der Waals surface area contributed by atoms with Crippen molar-refractivity contribution in [2.75, 3.05) is 10.6 Å². The first-order valence-corrected chi connectivity index (χ1v) is 11.7. The largest absolute Gasteiger partial charge is 0.367 e. The minimum absolute atomic E-state index is 0.512. The van der Waals surface area contributed by atoms with Gasteiger partial charge in [0.05, 0.1) is 5.52 Å². The van der Waals surface area contributed by atoms with Gasteiger partial charge in [0.25, 0.3) is 0 Å². The van der Waals surface area contributed by atoms with E-state index in [-0.39, 0.29) is 0 Å². The van der Waals surface area contributed by atoms with Crippen molar-refractivity contribution in [1.82, 2.24) is 9.97 Å². The minimum atomic E-state index is 0.512. The Bertz CT molecular complexity index is 1160. The van der Waals surface area contributed by atoms with Crippen molar-refractivity contribution in [3.8, 4) is 0 Å². The molecule has 4 aromatic rings. The van der Waals surface area contributed by atoms with Crippen molar-refractivity contribution >= 4 is 34.4 Å². The fourth-order valence-electron chi connectivity index (χ4n) is 4.05. The van der Waals surface area contributed by atoms with Crippen LogP contribution in [0.2, 0.25) is 0 Å². The normalized spacial score (nSPS) is 14.1. The quantitative estimate of drug-likeness (QED) is 0.342. The second kappa shape index (κ2) is 9.40. The Morgan fingerprint density at radius 2 is 1.58 bits per heavy atom. The molecular formula is C26H26N4S. The second-order valence-electron chi connectivity index (χ2n) is 7.95. The molecule has 0 spiro atoms. The molecule has 0 bridgehead atoms. The molecule has 1 aromatic heterocycles. The van der Waals surface area contributed by atoms with Gasteiger partial charge in [-0.05, 0) is 54.8 Å². The molecule has 31 heavy (non-hydrogen) atoms. The summed E-state index contributed by atoms with van der Waals surface area (Å²) in [6.07, 6.45) is 5.02. The molecule has 0 amide bonds. The van der Waals surface area contributed by atoms with Gasteiger partial charge in [0.1, 0.15) is 5.82 Å². The van der Waals surface area contributed by atoms with Crippen LogP contribution in [0.3, 0.4) is 0 Å². The molecule has 0 atom stereocenters. The molecule has 1 aliphatic rings. The van der Waals surface area contributed by atoms with Crippen molar-refractivity contribution in [2.45, 2.75) is 48.1 Å². The molecule has 0 aliphatic heterocycles. The Balaban J connectivity index is 1.33. The fourth-order valence-corrected chi connectivity index (χ4v) is 4.98. The van der Waals surface area contributed by atoms with Crippen LogP contribution in [-0.4, -0.2) is 16.0 Å². The molecule has 3 aromatic carbocycles. The molecule has 5 heteroatoms. The molecule has 0 radical (unpaired) electrons. The Hall–Kier alpha value is -3.05. The number of aromatic nitrogens is 2. The highest BCUT2D eigenvalue weighted by Gasteiger charge is 2.17. The van der Waals surface area contributed by atoms with Crippen LogP contribution >= 0.6 is 11.8 Å². The lowest BCUT2D eigenvalue weighted by atomic mass is 10.2. The molecule has 0 saturated heterocycles. The molecule has 0 unspecified atom stereocenters. The van der Waals surface area contributed by atoms with Crippen molar-refractivity contribution < 1.29 is 0 Å². The maximum absolute atomic E-state index is 4.83. The van der Waals surface area contributed by atoms with Gasteiger partial charge >= 0.3 is 0 Å². The van der Waals surface area contributed by atoms with Crippen LogP contribution < -0.4 is 10.6 Å². The lowest BCUT2D eigenvalue weighted by Gasteiger charge is -2.16. The Labute approximate surface area is 187 Å². The molecule has 1 heterocycles.